The average Bonchev–Trinajstić information content (AvgIpc) is 3.04. The van der Waals surface area contributed by atoms with Crippen LogP contribution in [0.15, 0.2) is 0 Å². The molecule has 2 rings (SSSR count). The van der Waals surface area contributed by atoms with Crippen molar-refractivity contribution in [2.75, 3.05) is 26.0 Å². The quantitative estimate of drug-likeness (QED) is 0.314. The van der Waals surface area contributed by atoms with E-state index >= 15 is 0 Å². The number of likely N-dealkylation sites (tertiary alicyclic amines) is 1. The molecule has 2 fully saturated rings. The van der Waals surface area contributed by atoms with E-state index in [0.29, 0.717) is 6.61 Å². The summed E-state index contributed by atoms with van der Waals surface area (Å²) in [6, 6.07) is 0. The maximum absolute atomic E-state index is 12.4. The van der Waals surface area contributed by atoms with Crippen molar-refractivity contribution < 1.29 is 19.0 Å². The highest BCUT2D eigenvalue weighted by atomic mass is 32.2. The molecule has 0 amide bonds. The van der Waals surface area contributed by atoms with Crippen molar-refractivity contribution in [1.29, 1.82) is 0 Å². The van der Waals surface area contributed by atoms with Gasteiger partial charge in [0.05, 0.1) is 11.9 Å². The van der Waals surface area contributed by atoms with Crippen molar-refractivity contribution >= 4 is 17.7 Å². The molecule has 2 unspecified atom stereocenters. The van der Waals surface area contributed by atoms with Crippen molar-refractivity contribution in [1.82, 2.24) is 4.90 Å². The maximum Gasteiger partial charge on any atom is 0.318 e. The second-order valence-electron chi connectivity index (χ2n) is 10.4. The van der Waals surface area contributed by atoms with Crippen LogP contribution in [0, 0.1) is 0 Å². The molecule has 0 N–H and O–H groups in total. The van der Waals surface area contributed by atoms with E-state index in [9.17, 15) is 4.79 Å². The number of hydrogen-bond acceptors (Lipinski definition) is 6. The van der Waals surface area contributed by atoms with Gasteiger partial charge >= 0.3 is 5.97 Å². The van der Waals surface area contributed by atoms with Gasteiger partial charge in [-0.1, -0.05) is 39.0 Å². The number of thioether (sulfide) groups is 1. The summed E-state index contributed by atoms with van der Waals surface area (Å²) in [7, 11) is 2.17. The van der Waals surface area contributed by atoms with Crippen molar-refractivity contribution in [3.63, 3.8) is 0 Å². The minimum Gasteiger partial charge on any atom is -0.462 e. The second kappa shape index (κ2) is 11.0. The lowest BCUT2D eigenvalue weighted by atomic mass is 9.76. The third-order valence-corrected chi connectivity index (χ3v) is 7.96. The van der Waals surface area contributed by atoms with Crippen LogP contribution in [0.3, 0.4) is 0 Å². The van der Waals surface area contributed by atoms with Gasteiger partial charge in [0.25, 0.3) is 0 Å². The molecule has 2 aliphatic rings. The number of carbonyl (C=O) groups is 1. The molecule has 2 atom stereocenters. The molecule has 30 heavy (non-hydrogen) atoms. The number of ether oxygens (including phenoxy) is 3. The molecule has 2 heterocycles. The fourth-order valence-electron chi connectivity index (χ4n) is 4.82. The molecular weight excluding hydrogens is 398 g/mol. The zero-order valence-corrected chi connectivity index (χ0v) is 21.2. The van der Waals surface area contributed by atoms with Crippen molar-refractivity contribution in [3.05, 3.63) is 0 Å². The molecular formula is C24H45NO4S. The first kappa shape index (κ1) is 26.0. The van der Waals surface area contributed by atoms with Crippen LogP contribution in [0.5, 0.6) is 0 Å². The summed E-state index contributed by atoms with van der Waals surface area (Å²) in [5.41, 5.74) is -0.0377. The number of rotatable bonds is 11. The van der Waals surface area contributed by atoms with Gasteiger partial charge < -0.3 is 14.2 Å². The minimum absolute atomic E-state index is 0.0188. The first-order valence-electron chi connectivity index (χ1n) is 11.9. The van der Waals surface area contributed by atoms with Gasteiger partial charge in [-0.25, -0.2) is 0 Å². The van der Waals surface area contributed by atoms with Gasteiger partial charge in [0.1, 0.15) is 12.7 Å². The predicted molar refractivity (Wildman–Crippen MR) is 125 cm³/mol. The lowest BCUT2D eigenvalue weighted by Gasteiger charge is -2.56. The number of esters is 1. The fourth-order valence-corrected chi connectivity index (χ4v) is 5.75. The Balaban J connectivity index is 1.70. The normalized spacial score (nSPS) is 26.0. The molecule has 0 aliphatic carbocycles. The van der Waals surface area contributed by atoms with Gasteiger partial charge in [-0.15, -0.1) is 11.8 Å². The summed E-state index contributed by atoms with van der Waals surface area (Å²) in [5.74, 6) is 0.306. The zero-order chi connectivity index (χ0) is 22.4. The van der Waals surface area contributed by atoms with E-state index in [2.05, 4.69) is 46.6 Å². The molecule has 0 radical (unpaired) electrons. The molecule has 6 heteroatoms. The minimum atomic E-state index is -0.575. The van der Waals surface area contributed by atoms with E-state index < -0.39 is 5.79 Å². The smallest absolute Gasteiger partial charge is 0.318 e. The van der Waals surface area contributed by atoms with Gasteiger partial charge in [-0.3, -0.25) is 9.69 Å². The molecule has 176 valence electrons. The average molecular weight is 444 g/mol. The zero-order valence-electron chi connectivity index (χ0n) is 20.4. The number of nitrogens with zero attached hydrogens (tertiary/aromatic N) is 1. The summed E-state index contributed by atoms with van der Waals surface area (Å²) >= 11 is 1.70. The predicted octanol–water partition coefficient (Wildman–Crippen LogP) is 5.41. The molecule has 0 aromatic rings. The van der Waals surface area contributed by atoms with Crippen LogP contribution in [0.2, 0.25) is 0 Å². The van der Waals surface area contributed by atoms with Crippen LogP contribution in [-0.4, -0.2) is 65.1 Å². The first-order chi connectivity index (χ1) is 14.0. The van der Waals surface area contributed by atoms with E-state index in [1.807, 2.05) is 6.92 Å². The van der Waals surface area contributed by atoms with Gasteiger partial charge in [0, 0.05) is 23.9 Å². The molecule has 2 aliphatic heterocycles. The van der Waals surface area contributed by atoms with Crippen LogP contribution in [-0.2, 0) is 19.0 Å². The Morgan fingerprint density at radius 1 is 1.10 bits per heavy atom. The largest absolute Gasteiger partial charge is 0.462 e. The molecule has 0 bridgehead atoms. The summed E-state index contributed by atoms with van der Waals surface area (Å²) in [6.07, 6.45) is 9.12. The van der Waals surface area contributed by atoms with E-state index in [-0.39, 0.29) is 35.0 Å². The van der Waals surface area contributed by atoms with Crippen LogP contribution < -0.4 is 0 Å². The van der Waals surface area contributed by atoms with Crippen molar-refractivity contribution in [2.45, 2.75) is 121 Å². The third kappa shape index (κ3) is 7.11. The second-order valence-corrected chi connectivity index (χ2v) is 11.9. The Hall–Kier alpha value is -0.300. The van der Waals surface area contributed by atoms with E-state index in [4.69, 9.17) is 14.2 Å². The molecule has 0 aromatic heterocycles. The Bertz CT molecular complexity index is 533. The van der Waals surface area contributed by atoms with Crippen LogP contribution in [0.25, 0.3) is 0 Å². The fraction of sp³-hybridized carbons (Fsp3) is 0.958. The van der Waals surface area contributed by atoms with E-state index in [1.165, 1.54) is 38.5 Å². The summed E-state index contributed by atoms with van der Waals surface area (Å²) in [6.45, 7) is 13.9. The van der Waals surface area contributed by atoms with Gasteiger partial charge in [0.15, 0.2) is 5.79 Å². The van der Waals surface area contributed by atoms with Crippen LogP contribution >= 0.6 is 11.8 Å². The highest BCUT2D eigenvalue weighted by Gasteiger charge is 2.55. The highest BCUT2D eigenvalue weighted by molar-refractivity contribution is 8.00. The third-order valence-electron chi connectivity index (χ3n) is 6.74. The number of piperidine rings is 1. The molecule has 1 spiro atoms. The molecule has 2 saturated heterocycles. The summed E-state index contributed by atoms with van der Waals surface area (Å²) < 4.78 is 18.1. The Morgan fingerprint density at radius 3 is 2.33 bits per heavy atom. The lowest BCUT2D eigenvalue weighted by Crippen LogP contribution is -2.64. The number of hydrogen-bond donors (Lipinski definition) is 0. The van der Waals surface area contributed by atoms with Crippen molar-refractivity contribution in [2.24, 2.45) is 0 Å². The topological polar surface area (TPSA) is 48.0 Å². The highest BCUT2D eigenvalue weighted by Crippen LogP contribution is 2.47. The SMILES string of the molecule is CCCCCCCCSC(C)C(=O)OCC1COC2(CC(C)(C)N(C)C(C)(C)C2)O1. The summed E-state index contributed by atoms with van der Waals surface area (Å²) in [5, 5.41) is -0.127. The van der Waals surface area contributed by atoms with Crippen LogP contribution in [0.1, 0.15) is 92.9 Å². The first-order valence-corrected chi connectivity index (χ1v) is 12.9. The molecule has 0 aromatic carbocycles. The Labute approximate surface area is 189 Å². The van der Waals surface area contributed by atoms with Gasteiger partial charge in [-0.2, -0.15) is 0 Å². The van der Waals surface area contributed by atoms with E-state index in [1.54, 1.807) is 11.8 Å². The van der Waals surface area contributed by atoms with E-state index in [0.717, 1.165) is 18.6 Å². The maximum atomic E-state index is 12.4. The number of carbonyl (C=O) groups excluding carboxylic acids is 1. The monoisotopic (exact) mass is 443 g/mol. The molecule has 5 nitrogen and oxygen atoms in total. The number of unbranched alkanes of at least 4 members (excludes halogenated alkanes) is 5. The standard InChI is InChI=1S/C24H45NO4S/c1-8-9-10-11-12-13-14-30-19(2)21(26)27-15-20-16-28-24(29-20)17-22(3,4)25(7)23(5,6)18-24/h19-20H,8-18H2,1-7H3. The Kier molecular flexibility index (Phi) is 9.54. The Morgan fingerprint density at radius 2 is 1.70 bits per heavy atom. The van der Waals surface area contributed by atoms with Crippen molar-refractivity contribution in [3.8, 4) is 0 Å². The van der Waals surface area contributed by atoms with Gasteiger partial charge in [-0.05, 0) is 53.8 Å². The molecule has 0 saturated carbocycles. The summed E-state index contributed by atoms with van der Waals surface area (Å²) in [4.78, 5) is 14.8. The van der Waals surface area contributed by atoms with Crippen LogP contribution in [0.4, 0.5) is 0 Å². The lowest BCUT2D eigenvalue weighted by molar-refractivity contribution is -0.244. The van der Waals surface area contributed by atoms with Gasteiger partial charge in [0.2, 0.25) is 0 Å².